The number of rotatable bonds is 28. The Morgan fingerprint density at radius 1 is 0.457 bits per heavy atom. The third-order valence-corrected chi connectivity index (χ3v) is 6.99. The van der Waals surface area contributed by atoms with Crippen molar-refractivity contribution >= 4 is 0 Å². The number of nitrogens with two attached hydrogens (primary N) is 1. The van der Waals surface area contributed by atoms with E-state index >= 15 is 0 Å². The van der Waals surface area contributed by atoms with E-state index in [1.54, 1.807) is 0 Å². The van der Waals surface area contributed by atoms with Gasteiger partial charge in [0.1, 0.15) is 0 Å². The molecule has 0 rings (SSSR count). The third-order valence-electron chi connectivity index (χ3n) is 6.99. The zero-order valence-electron chi connectivity index (χ0n) is 24.7. The predicted molar refractivity (Wildman–Crippen MR) is 158 cm³/mol. The van der Waals surface area contributed by atoms with Crippen LogP contribution >= 0.6 is 0 Å². The van der Waals surface area contributed by atoms with Crippen LogP contribution < -0.4 is 27.0 Å². The molecule has 0 amide bonds. The van der Waals surface area contributed by atoms with Crippen LogP contribution in [0.15, 0.2) is 0 Å². The summed E-state index contributed by atoms with van der Waals surface area (Å²) in [4.78, 5) is 0. The zero-order chi connectivity index (χ0) is 26.0. The van der Waals surface area contributed by atoms with E-state index in [-0.39, 0.29) is 6.04 Å². The van der Waals surface area contributed by atoms with Crippen molar-refractivity contribution in [2.75, 3.05) is 32.7 Å². The van der Waals surface area contributed by atoms with Gasteiger partial charge in [0.25, 0.3) is 0 Å². The second-order valence-electron chi connectivity index (χ2n) is 11.4. The second-order valence-corrected chi connectivity index (χ2v) is 11.4. The average molecular weight is 498 g/mol. The highest BCUT2D eigenvalue weighted by atomic mass is 15.0. The Morgan fingerprint density at radius 2 is 0.800 bits per heavy atom. The first-order chi connectivity index (χ1) is 17.0. The van der Waals surface area contributed by atoms with E-state index in [9.17, 15) is 0 Å². The number of nitrogens with one attached hydrogen (secondary N) is 4. The van der Waals surface area contributed by atoms with Crippen LogP contribution in [-0.4, -0.2) is 56.9 Å². The highest BCUT2D eigenvalue weighted by Crippen LogP contribution is 2.13. The first kappa shape index (κ1) is 34.8. The molecule has 0 aliphatic rings. The molecular weight excluding hydrogens is 430 g/mol. The lowest BCUT2D eigenvalue weighted by Crippen LogP contribution is -2.47. The topological polar surface area (TPSA) is 74.1 Å². The molecule has 5 heteroatoms. The van der Waals surface area contributed by atoms with E-state index in [1.165, 1.54) is 103 Å². The quantitative estimate of drug-likeness (QED) is 0.0842. The fourth-order valence-corrected chi connectivity index (χ4v) is 4.48. The van der Waals surface area contributed by atoms with Gasteiger partial charge in [0.15, 0.2) is 0 Å². The average Bonchev–Trinajstić information content (AvgIpc) is 2.84. The molecule has 0 aliphatic heterocycles. The summed E-state index contributed by atoms with van der Waals surface area (Å²) in [6.45, 7) is 16.1. The standard InChI is InChI=1S/C30H67N5/c1-6-7-8-9-10-11-12-13-14-15-16-17-18-19-20-21-22-32-24-28(3)34-26-30(5)35-25-29(4)33-23-27(2)31/h27-30,32-35H,6-26,31H2,1-5H3. The van der Waals surface area contributed by atoms with Gasteiger partial charge in [-0.25, -0.2) is 0 Å². The fraction of sp³-hybridized carbons (Fsp3) is 1.00. The van der Waals surface area contributed by atoms with E-state index in [4.69, 9.17) is 5.73 Å². The third kappa shape index (κ3) is 28.2. The molecule has 6 N–H and O–H groups in total. The molecule has 0 heterocycles. The van der Waals surface area contributed by atoms with Crippen LogP contribution in [0.25, 0.3) is 0 Å². The first-order valence-electron chi connectivity index (χ1n) is 15.6. The minimum Gasteiger partial charge on any atom is -0.327 e. The van der Waals surface area contributed by atoms with Crippen LogP contribution in [0.5, 0.6) is 0 Å². The van der Waals surface area contributed by atoms with Crippen LogP contribution in [0.2, 0.25) is 0 Å². The summed E-state index contributed by atoms with van der Waals surface area (Å²) in [6, 6.07) is 1.64. The van der Waals surface area contributed by atoms with Crippen molar-refractivity contribution < 1.29 is 0 Å². The minimum atomic E-state index is 0.212. The van der Waals surface area contributed by atoms with Crippen LogP contribution in [0.1, 0.15) is 137 Å². The highest BCUT2D eigenvalue weighted by Gasteiger charge is 2.08. The Balaban J connectivity index is 3.31. The number of unbranched alkanes of at least 4 members (excludes halogenated alkanes) is 15. The maximum absolute atomic E-state index is 5.80. The molecule has 4 atom stereocenters. The molecule has 0 spiro atoms. The lowest BCUT2D eigenvalue weighted by atomic mass is 10.0. The molecule has 0 aromatic heterocycles. The maximum atomic E-state index is 5.80. The summed E-state index contributed by atoms with van der Waals surface area (Å²) in [5.41, 5.74) is 5.80. The van der Waals surface area contributed by atoms with Crippen molar-refractivity contribution in [2.45, 2.75) is 162 Å². The molecule has 0 aromatic carbocycles. The van der Waals surface area contributed by atoms with Gasteiger partial charge in [0, 0.05) is 50.3 Å². The Hall–Kier alpha value is -0.200. The predicted octanol–water partition coefficient (Wildman–Crippen LogP) is 6.12. The first-order valence-corrected chi connectivity index (χ1v) is 15.6. The van der Waals surface area contributed by atoms with E-state index < -0.39 is 0 Å². The van der Waals surface area contributed by atoms with Crippen LogP contribution in [0.3, 0.4) is 0 Å². The lowest BCUT2D eigenvalue weighted by Gasteiger charge is -2.22. The van der Waals surface area contributed by atoms with Crippen molar-refractivity contribution in [1.29, 1.82) is 0 Å². The Kier molecular flexibility index (Phi) is 26.7. The maximum Gasteiger partial charge on any atom is 0.0164 e. The molecule has 212 valence electrons. The van der Waals surface area contributed by atoms with E-state index in [0.29, 0.717) is 18.1 Å². The summed E-state index contributed by atoms with van der Waals surface area (Å²) in [7, 11) is 0. The van der Waals surface area contributed by atoms with Crippen molar-refractivity contribution in [3.63, 3.8) is 0 Å². The van der Waals surface area contributed by atoms with Crippen LogP contribution in [-0.2, 0) is 0 Å². The summed E-state index contributed by atoms with van der Waals surface area (Å²) in [5.74, 6) is 0. The van der Waals surface area contributed by atoms with Crippen molar-refractivity contribution in [1.82, 2.24) is 21.3 Å². The normalized spacial score (nSPS) is 15.3. The molecule has 35 heavy (non-hydrogen) atoms. The SMILES string of the molecule is CCCCCCCCCCCCCCCCCCNCC(C)NCC(C)NCC(C)NCC(C)N. The fourth-order valence-electron chi connectivity index (χ4n) is 4.48. The van der Waals surface area contributed by atoms with E-state index in [1.807, 2.05) is 6.92 Å². The largest absolute Gasteiger partial charge is 0.327 e. The van der Waals surface area contributed by atoms with E-state index in [2.05, 4.69) is 49.0 Å². The van der Waals surface area contributed by atoms with E-state index in [0.717, 1.165) is 32.7 Å². The van der Waals surface area contributed by atoms with Crippen LogP contribution in [0.4, 0.5) is 0 Å². The molecule has 4 unspecified atom stereocenters. The van der Waals surface area contributed by atoms with Gasteiger partial charge in [-0.15, -0.1) is 0 Å². The van der Waals surface area contributed by atoms with Gasteiger partial charge >= 0.3 is 0 Å². The summed E-state index contributed by atoms with van der Waals surface area (Å²) >= 11 is 0. The molecule has 0 saturated carbocycles. The van der Waals surface area contributed by atoms with Gasteiger partial charge in [-0.2, -0.15) is 0 Å². The smallest absolute Gasteiger partial charge is 0.0164 e. The molecule has 0 saturated heterocycles. The summed E-state index contributed by atoms with van der Waals surface area (Å²) in [5, 5.41) is 14.3. The highest BCUT2D eigenvalue weighted by molar-refractivity contribution is 4.73. The molecule has 5 nitrogen and oxygen atoms in total. The summed E-state index contributed by atoms with van der Waals surface area (Å²) < 4.78 is 0. The van der Waals surface area contributed by atoms with Gasteiger partial charge in [-0.1, -0.05) is 103 Å². The molecule has 0 aromatic rings. The Bertz CT molecular complexity index is 404. The lowest BCUT2D eigenvalue weighted by molar-refractivity contribution is 0.414. The van der Waals surface area contributed by atoms with Crippen LogP contribution in [0, 0.1) is 0 Å². The van der Waals surface area contributed by atoms with Gasteiger partial charge in [-0.3, -0.25) is 0 Å². The Morgan fingerprint density at radius 3 is 1.20 bits per heavy atom. The number of hydrogen-bond donors (Lipinski definition) is 5. The van der Waals surface area contributed by atoms with Crippen molar-refractivity contribution in [3.8, 4) is 0 Å². The van der Waals surface area contributed by atoms with Gasteiger partial charge in [0.2, 0.25) is 0 Å². The molecular formula is C30H67N5. The Labute approximate surface area is 221 Å². The van der Waals surface area contributed by atoms with Crippen molar-refractivity contribution in [2.24, 2.45) is 5.73 Å². The van der Waals surface area contributed by atoms with Gasteiger partial charge in [-0.05, 0) is 40.7 Å². The molecule has 0 aliphatic carbocycles. The monoisotopic (exact) mass is 498 g/mol. The molecule has 0 radical (unpaired) electrons. The number of hydrogen-bond acceptors (Lipinski definition) is 5. The van der Waals surface area contributed by atoms with Crippen molar-refractivity contribution in [3.05, 3.63) is 0 Å². The van der Waals surface area contributed by atoms with Gasteiger partial charge < -0.3 is 27.0 Å². The zero-order valence-corrected chi connectivity index (χ0v) is 24.7. The molecule has 0 bridgehead atoms. The molecule has 0 fully saturated rings. The summed E-state index contributed by atoms with van der Waals surface area (Å²) in [6.07, 6.45) is 22.9. The second kappa shape index (κ2) is 26.9. The minimum absolute atomic E-state index is 0.212. The van der Waals surface area contributed by atoms with Gasteiger partial charge in [0.05, 0.1) is 0 Å².